The average molecular weight is 431 g/mol. The van der Waals surface area contributed by atoms with Crippen molar-refractivity contribution < 1.29 is 19.4 Å². The van der Waals surface area contributed by atoms with Crippen LogP contribution in [0.5, 0.6) is 5.95 Å². The molecule has 0 radical (unpaired) electrons. The SMILES string of the molecule is Cc1cc(=O)c2c(o1)OC1(C)CC(O)C3C(C)(CCC4C(C)(C)C(O)CCC43C)C1C2. The Bertz CT molecular complexity index is 965. The van der Waals surface area contributed by atoms with Crippen LogP contribution in [-0.2, 0) is 6.42 Å². The first-order chi connectivity index (χ1) is 14.3. The first kappa shape index (κ1) is 21.5. The van der Waals surface area contributed by atoms with Gasteiger partial charge in [0.05, 0.1) is 17.8 Å². The first-order valence-electron chi connectivity index (χ1n) is 12.0. The Morgan fingerprint density at radius 3 is 2.35 bits per heavy atom. The molecule has 5 rings (SSSR count). The van der Waals surface area contributed by atoms with E-state index in [2.05, 4.69) is 34.6 Å². The summed E-state index contributed by atoms with van der Waals surface area (Å²) in [5, 5.41) is 22.4. The molecular formula is C26H38O5. The van der Waals surface area contributed by atoms with Gasteiger partial charge in [-0.3, -0.25) is 4.79 Å². The molecule has 5 heteroatoms. The Hall–Kier alpha value is -1.33. The van der Waals surface area contributed by atoms with Crippen LogP contribution >= 0.6 is 0 Å². The van der Waals surface area contributed by atoms with E-state index in [0.717, 1.165) is 25.7 Å². The molecule has 8 unspecified atom stereocenters. The summed E-state index contributed by atoms with van der Waals surface area (Å²) in [6, 6.07) is 1.56. The van der Waals surface area contributed by atoms with Crippen molar-refractivity contribution in [2.75, 3.05) is 0 Å². The summed E-state index contributed by atoms with van der Waals surface area (Å²) in [5.41, 5.74) is -0.276. The molecule has 3 saturated carbocycles. The molecule has 1 aromatic rings. The minimum absolute atomic E-state index is 0.00566. The van der Waals surface area contributed by atoms with Gasteiger partial charge in [-0.2, -0.15) is 0 Å². The average Bonchev–Trinajstić information content (AvgIpc) is 2.62. The van der Waals surface area contributed by atoms with Gasteiger partial charge in [0, 0.05) is 18.4 Å². The van der Waals surface area contributed by atoms with Gasteiger partial charge in [0.25, 0.3) is 5.95 Å². The first-order valence-corrected chi connectivity index (χ1v) is 12.0. The maximum absolute atomic E-state index is 12.8. The second-order valence-corrected chi connectivity index (χ2v) is 12.4. The summed E-state index contributed by atoms with van der Waals surface area (Å²) in [6.07, 6.45) is 4.12. The number of hydrogen-bond donors (Lipinski definition) is 2. The zero-order chi connectivity index (χ0) is 22.6. The number of rotatable bonds is 0. The van der Waals surface area contributed by atoms with Gasteiger partial charge in [-0.25, -0.2) is 0 Å². The highest BCUT2D eigenvalue weighted by Gasteiger charge is 2.69. The topological polar surface area (TPSA) is 79.9 Å². The van der Waals surface area contributed by atoms with Crippen LogP contribution in [0.25, 0.3) is 0 Å². The highest BCUT2D eigenvalue weighted by Crippen LogP contribution is 2.70. The summed E-state index contributed by atoms with van der Waals surface area (Å²) in [5.74, 6) is 1.53. The molecule has 0 bridgehead atoms. The third kappa shape index (κ3) is 2.71. The molecule has 0 spiro atoms. The van der Waals surface area contributed by atoms with Gasteiger partial charge >= 0.3 is 0 Å². The van der Waals surface area contributed by atoms with Gasteiger partial charge in [-0.05, 0) is 74.0 Å². The van der Waals surface area contributed by atoms with E-state index in [-0.39, 0.29) is 39.6 Å². The molecule has 0 amide bonds. The zero-order valence-corrected chi connectivity index (χ0v) is 19.8. The number of fused-ring (bicyclic) bond motifs is 6. The number of hydrogen-bond acceptors (Lipinski definition) is 5. The van der Waals surface area contributed by atoms with Crippen molar-refractivity contribution in [3.8, 4) is 5.95 Å². The van der Waals surface area contributed by atoms with Gasteiger partial charge in [-0.1, -0.05) is 27.7 Å². The Kier molecular flexibility index (Phi) is 4.43. The van der Waals surface area contributed by atoms with E-state index in [9.17, 15) is 15.0 Å². The van der Waals surface area contributed by atoms with Gasteiger partial charge < -0.3 is 19.4 Å². The fraction of sp³-hybridized carbons (Fsp3) is 0.808. The molecule has 5 nitrogen and oxygen atoms in total. The van der Waals surface area contributed by atoms with Crippen LogP contribution in [-0.4, -0.2) is 28.0 Å². The van der Waals surface area contributed by atoms with Crippen LogP contribution < -0.4 is 10.2 Å². The van der Waals surface area contributed by atoms with Crippen molar-refractivity contribution >= 4 is 0 Å². The number of aliphatic hydroxyl groups excluding tert-OH is 2. The van der Waals surface area contributed by atoms with E-state index < -0.39 is 11.7 Å². The van der Waals surface area contributed by atoms with E-state index in [1.165, 1.54) is 0 Å². The van der Waals surface area contributed by atoms with Crippen molar-refractivity contribution in [1.82, 2.24) is 0 Å². The van der Waals surface area contributed by atoms with Crippen LogP contribution in [0.1, 0.15) is 78.0 Å². The molecule has 1 aromatic heterocycles. The molecule has 172 valence electrons. The van der Waals surface area contributed by atoms with Crippen LogP contribution in [0.4, 0.5) is 0 Å². The summed E-state index contributed by atoms with van der Waals surface area (Å²) in [4.78, 5) is 12.8. The minimum atomic E-state index is -0.561. The summed E-state index contributed by atoms with van der Waals surface area (Å²) in [6.45, 7) is 13.0. The third-order valence-corrected chi connectivity index (χ3v) is 10.3. The highest BCUT2D eigenvalue weighted by atomic mass is 16.6. The Morgan fingerprint density at radius 1 is 1.00 bits per heavy atom. The third-order valence-electron chi connectivity index (χ3n) is 10.3. The molecule has 2 heterocycles. The molecule has 8 atom stereocenters. The van der Waals surface area contributed by atoms with Crippen molar-refractivity contribution in [2.45, 2.75) is 97.9 Å². The maximum atomic E-state index is 12.8. The second-order valence-electron chi connectivity index (χ2n) is 12.4. The predicted octanol–water partition coefficient (Wildman–Crippen LogP) is 4.24. The molecule has 1 aliphatic heterocycles. The monoisotopic (exact) mass is 430 g/mol. The van der Waals surface area contributed by atoms with Crippen LogP contribution in [0, 0.1) is 40.9 Å². The molecule has 3 aliphatic carbocycles. The van der Waals surface area contributed by atoms with E-state index in [1.807, 2.05) is 0 Å². The number of aliphatic hydroxyl groups is 2. The Morgan fingerprint density at radius 2 is 1.65 bits per heavy atom. The van der Waals surface area contributed by atoms with Crippen LogP contribution in [0.15, 0.2) is 15.3 Å². The lowest BCUT2D eigenvalue weighted by Gasteiger charge is -2.69. The summed E-state index contributed by atoms with van der Waals surface area (Å²) in [7, 11) is 0. The molecule has 0 aromatic carbocycles. The largest absolute Gasteiger partial charge is 0.458 e. The van der Waals surface area contributed by atoms with Gasteiger partial charge in [0.1, 0.15) is 11.4 Å². The standard InChI is InChI=1S/C26H38O5/c1-14-11-16(27)15-12-19-25(5)9-7-18-23(2,3)20(29)8-10-24(18,4)21(25)17(28)13-26(19,6)31-22(15)30-14/h11,17-21,28-29H,7-10,12-13H2,1-6H3. The smallest absolute Gasteiger partial charge is 0.292 e. The lowest BCUT2D eigenvalue weighted by molar-refractivity contribution is -0.258. The van der Waals surface area contributed by atoms with E-state index >= 15 is 0 Å². The molecule has 3 fully saturated rings. The Balaban J connectivity index is 1.61. The summed E-state index contributed by atoms with van der Waals surface area (Å²) < 4.78 is 12.2. The lowest BCUT2D eigenvalue weighted by atomic mass is 9.37. The molecule has 2 N–H and O–H groups in total. The predicted molar refractivity (Wildman–Crippen MR) is 118 cm³/mol. The minimum Gasteiger partial charge on any atom is -0.458 e. The fourth-order valence-corrected chi connectivity index (χ4v) is 9.01. The molecule has 0 saturated heterocycles. The van der Waals surface area contributed by atoms with Crippen LogP contribution in [0.2, 0.25) is 0 Å². The second kappa shape index (κ2) is 6.38. The zero-order valence-electron chi connectivity index (χ0n) is 19.8. The van der Waals surface area contributed by atoms with E-state index in [0.29, 0.717) is 36.0 Å². The number of aryl methyl sites for hydroxylation is 1. The molecular weight excluding hydrogens is 392 g/mol. The lowest BCUT2D eigenvalue weighted by Crippen LogP contribution is -2.70. The van der Waals surface area contributed by atoms with Crippen molar-refractivity contribution in [2.24, 2.45) is 34.0 Å². The highest BCUT2D eigenvalue weighted by molar-refractivity contribution is 5.32. The van der Waals surface area contributed by atoms with Crippen molar-refractivity contribution in [1.29, 1.82) is 0 Å². The van der Waals surface area contributed by atoms with Crippen LogP contribution in [0.3, 0.4) is 0 Å². The van der Waals surface area contributed by atoms with Gasteiger partial charge in [-0.15, -0.1) is 0 Å². The van der Waals surface area contributed by atoms with E-state index in [1.54, 1.807) is 13.0 Å². The molecule has 31 heavy (non-hydrogen) atoms. The molecule has 4 aliphatic rings. The fourth-order valence-electron chi connectivity index (χ4n) is 9.01. The maximum Gasteiger partial charge on any atom is 0.292 e. The Labute approximate surface area is 185 Å². The normalized spacial score (nSPS) is 47.9. The van der Waals surface area contributed by atoms with Crippen molar-refractivity contribution in [3.05, 3.63) is 27.6 Å². The quantitative estimate of drug-likeness (QED) is 0.643. The van der Waals surface area contributed by atoms with E-state index in [4.69, 9.17) is 9.15 Å². The number of ether oxygens (including phenoxy) is 1. The summed E-state index contributed by atoms with van der Waals surface area (Å²) >= 11 is 0. The van der Waals surface area contributed by atoms with Gasteiger partial charge in [0.15, 0.2) is 5.43 Å². The van der Waals surface area contributed by atoms with Crippen molar-refractivity contribution in [3.63, 3.8) is 0 Å². The van der Waals surface area contributed by atoms with Gasteiger partial charge in [0.2, 0.25) is 0 Å².